The van der Waals surface area contributed by atoms with Crippen LogP contribution in [-0.4, -0.2) is 77.3 Å². The number of hydrogen-bond acceptors (Lipinski definition) is 9. The molecule has 0 unspecified atom stereocenters. The van der Waals surface area contributed by atoms with Crippen LogP contribution in [0.15, 0.2) is 78.9 Å². The summed E-state index contributed by atoms with van der Waals surface area (Å²) in [7, 11) is 2.94. The van der Waals surface area contributed by atoms with E-state index in [1.54, 1.807) is 63.4 Å². The van der Waals surface area contributed by atoms with Crippen molar-refractivity contribution in [1.29, 1.82) is 0 Å². The van der Waals surface area contributed by atoms with Crippen molar-refractivity contribution < 1.29 is 48.6 Å². The van der Waals surface area contributed by atoms with E-state index in [0.29, 0.717) is 33.6 Å². The zero-order chi connectivity index (χ0) is 33.9. The molecule has 1 fully saturated rings. The number of hydrogen-bond donors (Lipinski definition) is 5. The van der Waals surface area contributed by atoms with E-state index < -0.39 is 36.0 Å². The lowest BCUT2D eigenvalue weighted by Gasteiger charge is -2.46. The highest BCUT2D eigenvalue weighted by molar-refractivity contribution is 5.96. The predicted molar refractivity (Wildman–Crippen MR) is 172 cm³/mol. The first-order valence-corrected chi connectivity index (χ1v) is 15.0. The molecule has 0 bridgehead atoms. The second-order valence-corrected chi connectivity index (χ2v) is 11.8. The summed E-state index contributed by atoms with van der Waals surface area (Å²) in [5.74, 6) is -0.686. The summed E-state index contributed by atoms with van der Waals surface area (Å²) in [5.41, 5.74) is 1.63. The number of aliphatic hydroxyl groups is 2. The van der Waals surface area contributed by atoms with Gasteiger partial charge in [0.15, 0.2) is 11.5 Å². The molecular formula is C36H38FNO9. The zero-order valence-electron chi connectivity index (χ0n) is 26.4. The number of carbonyl (C=O) groups is 1. The fourth-order valence-electron chi connectivity index (χ4n) is 5.82. The van der Waals surface area contributed by atoms with Gasteiger partial charge in [-0.1, -0.05) is 30.3 Å². The number of halogens is 1. The van der Waals surface area contributed by atoms with Crippen molar-refractivity contribution in [2.24, 2.45) is 0 Å². The number of benzene rings is 4. The highest BCUT2D eigenvalue weighted by atomic mass is 19.1. The van der Waals surface area contributed by atoms with E-state index in [2.05, 4.69) is 5.32 Å². The Labute approximate surface area is 271 Å². The fourth-order valence-corrected chi connectivity index (χ4v) is 5.82. The van der Waals surface area contributed by atoms with Crippen LogP contribution in [-0.2, 0) is 15.9 Å². The number of nitrogens with one attached hydrogen (secondary N) is 1. The largest absolute Gasteiger partial charge is 0.507 e. The average Bonchev–Trinajstić information content (AvgIpc) is 3.04. The first-order valence-electron chi connectivity index (χ1n) is 15.0. The van der Waals surface area contributed by atoms with Crippen LogP contribution >= 0.6 is 0 Å². The van der Waals surface area contributed by atoms with Crippen LogP contribution in [0.4, 0.5) is 4.39 Å². The van der Waals surface area contributed by atoms with Crippen molar-refractivity contribution in [3.05, 3.63) is 95.8 Å². The third-order valence-corrected chi connectivity index (χ3v) is 8.20. The molecule has 4 aromatic carbocycles. The van der Waals surface area contributed by atoms with Crippen molar-refractivity contribution >= 4 is 5.91 Å². The van der Waals surface area contributed by atoms with Gasteiger partial charge < -0.3 is 44.7 Å². The second kappa shape index (κ2) is 14.0. The van der Waals surface area contributed by atoms with E-state index >= 15 is 0 Å². The van der Waals surface area contributed by atoms with Crippen LogP contribution in [0.2, 0.25) is 0 Å². The first kappa shape index (κ1) is 33.7. The molecule has 1 aliphatic rings. The van der Waals surface area contributed by atoms with Crippen LogP contribution in [0.25, 0.3) is 22.3 Å². The van der Waals surface area contributed by atoms with E-state index in [9.17, 15) is 29.6 Å². The molecule has 1 saturated heterocycles. The summed E-state index contributed by atoms with van der Waals surface area (Å²) in [6, 6.07) is 20.5. The monoisotopic (exact) mass is 647 g/mol. The molecule has 4 aromatic rings. The third-order valence-electron chi connectivity index (χ3n) is 8.20. The van der Waals surface area contributed by atoms with Crippen LogP contribution in [0.3, 0.4) is 0 Å². The number of aliphatic hydroxyl groups excluding tert-OH is 2. The summed E-state index contributed by atoms with van der Waals surface area (Å²) in [5, 5.41) is 46.1. The Morgan fingerprint density at radius 3 is 2.40 bits per heavy atom. The molecule has 0 aromatic heterocycles. The first-order chi connectivity index (χ1) is 22.4. The van der Waals surface area contributed by atoms with E-state index in [-0.39, 0.29) is 41.7 Å². The highest BCUT2D eigenvalue weighted by Crippen LogP contribution is 2.42. The Morgan fingerprint density at radius 2 is 1.68 bits per heavy atom. The Kier molecular flexibility index (Phi) is 10.0. The van der Waals surface area contributed by atoms with Gasteiger partial charge in [0.05, 0.1) is 12.7 Å². The van der Waals surface area contributed by atoms with Crippen LogP contribution in [0.5, 0.6) is 23.0 Å². The molecule has 5 N–H and O–H groups in total. The van der Waals surface area contributed by atoms with Gasteiger partial charge in [0.2, 0.25) is 6.29 Å². The molecule has 1 aliphatic heterocycles. The summed E-state index contributed by atoms with van der Waals surface area (Å²) in [6.45, 7) is 3.51. The molecule has 10 nitrogen and oxygen atoms in total. The Balaban J connectivity index is 1.37. The summed E-state index contributed by atoms with van der Waals surface area (Å²) in [6.07, 6.45) is -4.77. The molecule has 0 spiro atoms. The normalized spacial score (nSPS) is 20.4. The summed E-state index contributed by atoms with van der Waals surface area (Å²) >= 11 is 0. The molecule has 0 saturated carbocycles. The maximum atomic E-state index is 14.3. The minimum Gasteiger partial charge on any atom is -0.507 e. The molecule has 1 amide bonds. The lowest BCUT2D eigenvalue weighted by Crippen LogP contribution is -2.63. The number of phenols is 2. The van der Waals surface area contributed by atoms with E-state index in [1.165, 1.54) is 43.5 Å². The third kappa shape index (κ3) is 7.18. The standard InChI is InChI=1S/C36H38FNO9/c1-36(2)33(45-4)31(41)32(42)35(47-36)46-28-14-12-20(29(30(28)40)22-8-5-9-24(37)17-22)15-16-38-34(43)23-11-13-27(39)26(19-23)21-7-6-10-25(18-21)44-3/h5-14,17-19,31-33,35,39-42H,15-16H2,1-4H3,(H,38,43)/t31-,32+,33+,35+/m0/s1. The molecule has 47 heavy (non-hydrogen) atoms. The smallest absolute Gasteiger partial charge is 0.251 e. The van der Waals surface area contributed by atoms with Crippen molar-refractivity contribution in [3.8, 4) is 45.3 Å². The predicted octanol–water partition coefficient (Wildman–Crippen LogP) is 4.80. The van der Waals surface area contributed by atoms with Gasteiger partial charge in [-0.25, -0.2) is 4.39 Å². The molecule has 5 rings (SSSR count). The minimum atomic E-state index is -1.50. The fraction of sp³-hybridized carbons (Fsp3) is 0.306. The molecule has 0 aliphatic carbocycles. The molecule has 1 heterocycles. The lowest BCUT2D eigenvalue weighted by atomic mass is 9.89. The van der Waals surface area contributed by atoms with Gasteiger partial charge in [-0.2, -0.15) is 0 Å². The quantitative estimate of drug-likeness (QED) is 0.164. The van der Waals surface area contributed by atoms with Gasteiger partial charge in [0.25, 0.3) is 5.91 Å². The van der Waals surface area contributed by atoms with Crippen LogP contribution in [0.1, 0.15) is 29.8 Å². The van der Waals surface area contributed by atoms with Gasteiger partial charge in [0, 0.05) is 30.3 Å². The number of rotatable bonds is 10. The van der Waals surface area contributed by atoms with E-state index in [0.717, 1.165) is 0 Å². The lowest BCUT2D eigenvalue weighted by molar-refractivity contribution is -0.306. The number of amides is 1. The molecular weight excluding hydrogens is 609 g/mol. The van der Waals surface area contributed by atoms with Crippen molar-refractivity contribution in [1.82, 2.24) is 5.32 Å². The molecule has 4 atom stereocenters. The molecule has 248 valence electrons. The van der Waals surface area contributed by atoms with Crippen LogP contribution in [0, 0.1) is 5.82 Å². The maximum Gasteiger partial charge on any atom is 0.251 e. The van der Waals surface area contributed by atoms with Gasteiger partial charge in [0.1, 0.15) is 35.6 Å². The summed E-state index contributed by atoms with van der Waals surface area (Å²) in [4.78, 5) is 13.1. The maximum absolute atomic E-state index is 14.3. The van der Waals surface area contributed by atoms with E-state index in [1.807, 2.05) is 0 Å². The Hall–Kier alpha value is -4.68. The zero-order valence-corrected chi connectivity index (χ0v) is 26.4. The highest BCUT2D eigenvalue weighted by Gasteiger charge is 2.50. The minimum absolute atomic E-state index is 0.00931. The van der Waals surface area contributed by atoms with Crippen molar-refractivity contribution in [3.63, 3.8) is 0 Å². The van der Waals surface area contributed by atoms with E-state index in [4.69, 9.17) is 18.9 Å². The molecule has 0 radical (unpaired) electrons. The van der Waals surface area contributed by atoms with Gasteiger partial charge >= 0.3 is 0 Å². The SMILES string of the molecule is COc1cccc(-c2cc(C(=O)NCCc3ccc(O[C@@H]4OC(C)(C)[C@H](OC)[C@@H](O)[C@H]4O)c(O)c3-c3cccc(F)c3)ccc2O)c1. The molecule has 11 heteroatoms. The topological polar surface area (TPSA) is 147 Å². The number of methoxy groups -OCH3 is 2. The van der Waals surface area contributed by atoms with Gasteiger partial charge in [-0.15, -0.1) is 0 Å². The average molecular weight is 648 g/mol. The van der Waals surface area contributed by atoms with Crippen molar-refractivity contribution in [2.75, 3.05) is 20.8 Å². The number of carbonyl (C=O) groups excluding carboxylic acids is 1. The van der Waals surface area contributed by atoms with Crippen molar-refractivity contribution in [2.45, 2.75) is 50.5 Å². The number of aromatic hydroxyl groups is 2. The summed E-state index contributed by atoms with van der Waals surface area (Å²) < 4.78 is 36.7. The number of ether oxygens (including phenoxy) is 4. The Morgan fingerprint density at radius 1 is 0.936 bits per heavy atom. The van der Waals surface area contributed by atoms with Gasteiger partial charge in [-0.05, 0) is 85.5 Å². The van der Waals surface area contributed by atoms with Gasteiger partial charge in [-0.3, -0.25) is 4.79 Å². The number of phenolic OH excluding ortho intramolecular Hbond substituents is 2. The van der Waals surface area contributed by atoms with Crippen LogP contribution < -0.4 is 14.8 Å². The Bertz CT molecular complexity index is 1740. The second-order valence-electron chi connectivity index (χ2n) is 11.8.